The van der Waals surface area contributed by atoms with E-state index in [-0.39, 0.29) is 19.6 Å². The van der Waals surface area contributed by atoms with Gasteiger partial charge in [0.2, 0.25) is 4.87 Å². The van der Waals surface area contributed by atoms with Crippen LogP contribution >= 0.6 is 11.6 Å². The van der Waals surface area contributed by atoms with Crippen molar-refractivity contribution in [3.63, 3.8) is 0 Å². The maximum Gasteiger partial charge on any atom is 0.335 e. The lowest BCUT2D eigenvalue weighted by Crippen LogP contribution is -2.42. The Morgan fingerprint density at radius 1 is 1.19 bits per heavy atom. The Balaban J connectivity index is 4.51. The van der Waals surface area contributed by atoms with Crippen molar-refractivity contribution in [3.8, 4) is 0 Å². The molecule has 6 heteroatoms. The predicted molar refractivity (Wildman–Crippen MR) is 57.1 cm³/mol. The molecule has 0 fully saturated rings. The van der Waals surface area contributed by atoms with E-state index in [1.165, 1.54) is 13.8 Å². The summed E-state index contributed by atoms with van der Waals surface area (Å²) < 4.78 is 9.33. The van der Waals surface area contributed by atoms with Crippen molar-refractivity contribution in [3.05, 3.63) is 0 Å². The van der Waals surface area contributed by atoms with E-state index in [2.05, 4.69) is 4.74 Å². The highest BCUT2D eigenvalue weighted by atomic mass is 35.5. The van der Waals surface area contributed by atoms with E-state index in [1.54, 1.807) is 6.92 Å². The molecule has 0 aliphatic heterocycles. The Morgan fingerprint density at radius 2 is 1.75 bits per heavy atom. The van der Waals surface area contributed by atoms with Gasteiger partial charge in [-0.3, -0.25) is 9.59 Å². The highest BCUT2D eigenvalue weighted by Gasteiger charge is 2.42. The second-order valence-corrected chi connectivity index (χ2v) is 3.81. The van der Waals surface area contributed by atoms with E-state index >= 15 is 0 Å². The summed E-state index contributed by atoms with van der Waals surface area (Å²) >= 11 is 5.87. The molecule has 5 nitrogen and oxygen atoms in total. The zero-order valence-electron chi connectivity index (χ0n) is 9.54. The lowest BCUT2D eigenvalue weighted by Gasteiger charge is -2.21. The summed E-state index contributed by atoms with van der Waals surface area (Å²) in [5.41, 5.74) is 0. The number of carbonyl (C=O) groups is 3. The van der Waals surface area contributed by atoms with Crippen molar-refractivity contribution < 1.29 is 23.9 Å². The molecule has 0 aromatic rings. The Morgan fingerprint density at radius 3 is 2.12 bits per heavy atom. The van der Waals surface area contributed by atoms with Gasteiger partial charge in [-0.2, -0.15) is 0 Å². The smallest absolute Gasteiger partial charge is 0.335 e. The molecule has 1 atom stereocenters. The number of esters is 2. The summed E-state index contributed by atoms with van der Waals surface area (Å²) in [4.78, 5) is 31.5. The zero-order valence-corrected chi connectivity index (χ0v) is 10.3. The minimum absolute atomic E-state index is 0.0949. The first-order chi connectivity index (χ1) is 7.34. The van der Waals surface area contributed by atoms with Crippen LogP contribution in [0.3, 0.4) is 0 Å². The minimum Gasteiger partial charge on any atom is -0.466 e. The van der Waals surface area contributed by atoms with Gasteiger partial charge < -0.3 is 9.47 Å². The molecule has 92 valence electrons. The zero-order chi connectivity index (χ0) is 12.8. The number of alkyl halides is 1. The number of ether oxygens (including phenoxy) is 2. The number of rotatable bonds is 6. The van der Waals surface area contributed by atoms with Crippen LogP contribution in [0.4, 0.5) is 0 Å². The van der Waals surface area contributed by atoms with Crippen LogP contribution in [0.5, 0.6) is 0 Å². The second kappa shape index (κ2) is 6.48. The van der Waals surface area contributed by atoms with Crippen molar-refractivity contribution in [2.24, 2.45) is 0 Å². The van der Waals surface area contributed by atoms with Crippen LogP contribution in [0.2, 0.25) is 0 Å². The summed E-state index contributed by atoms with van der Waals surface area (Å²) in [6.45, 7) is 4.07. The molecule has 0 heterocycles. The first-order valence-electron chi connectivity index (χ1n) is 4.85. The molecule has 16 heavy (non-hydrogen) atoms. The molecule has 0 N–H and O–H groups in total. The molecule has 0 rings (SSSR count). The molecule has 0 amide bonds. The van der Waals surface area contributed by atoms with E-state index in [9.17, 15) is 14.4 Å². The number of hydrogen-bond acceptors (Lipinski definition) is 5. The number of ketones is 1. The Bertz CT molecular complexity index is 289. The van der Waals surface area contributed by atoms with Gasteiger partial charge in [0.05, 0.1) is 13.2 Å². The Kier molecular flexibility index (Phi) is 6.03. The minimum atomic E-state index is -1.76. The quantitative estimate of drug-likeness (QED) is 0.401. The first-order valence-corrected chi connectivity index (χ1v) is 5.23. The van der Waals surface area contributed by atoms with Crippen molar-refractivity contribution >= 4 is 29.3 Å². The molecule has 0 spiro atoms. The second-order valence-electron chi connectivity index (χ2n) is 3.17. The van der Waals surface area contributed by atoms with E-state index < -0.39 is 22.6 Å². The number of halogens is 1. The molecule has 0 radical (unpaired) electrons. The number of carbonyl (C=O) groups excluding carboxylic acids is 3. The van der Waals surface area contributed by atoms with Crippen molar-refractivity contribution in [1.82, 2.24) is 0 Å². The fraction of sp³-hybridized carbons (Fsp3) is 0.700. The van der Waals surface area contributed by atoms with Gasteiger partial charge in [0.15, 0.2) is 5.78 Å². The van der Waals surface area contributed by atoms with Crippen LogP contribution in [0, 0.1) is 0 Å². The monoisotopic (exact) mass is 250 g/mol. The molecule has 0 aliphatic carbocycles. The van der Waals surface area contributed by atoms with Crippen LogP contribution in [-0.2, 0) is 23.9 Å². The highest BCUT2D eigenvalue weighted by molar-refractivity contribution is 6.45. The first kappa shape index (κ1) is 14.9. The van der Waals surface area contributed by atoms with E-state index in [0.717, 1.165) is 0 Å². The van der Waals surface area contributed by atoms with Crippen LogP contribution in [0.25, 0.3) is 0 Å². The molecular weight excluding hydrogens is 236 g/mol. The van der Waals surface area contributed by atoms with E-state index in [4.69, 9.17) is 16.3 Å². The maximum absolute atomic E-state index is 11.5. The predicted octanol–water partition coefficient (Wildman–Crippen LogP) is 1.07. The average molecular weight is 251 g/mol. The average Bonchev–Trinajstić information content (AvgIpc) is 2.16. The molecule has 0 aromatic heterocycles. The van der Waals surface area contributed by atoms with Gasteiger partial charge in [0, 0.05) is 13.3 Å². The standard InChI is InChI=1S/C10H15ClO5/c1-4-15-9(14)10(11,7(2)12)5-6-16-8(3)13/h4-6H2,1-3H3. The SMILES string of the molecule is CCOC(=O)C(Cl)(CCOC(C)=O)C(C)=O. The third kappa shape index (κ3) is 4.18. The maximum atomic E-state index is 11.5. The fourth-order valence-corrected chi connectivity index (χ4v) is 1.13. The molecule has 0 bridgehead atoms. The van der Waals surface area contributed by atoms with Crippen LogP contribution in [0.15, 0.2) is 0 Å². The number of Topliss-reactive ketones (excluding diaryl/α,β-unsaturated/α-hetero) is 1. The lowest BCUT2D eigenvalue weighted by molar-refractivity contribution is -0.152. The summed E-state index contributed by atoms with van der Waals surface area (Å²) in [5, 5.41) is 0. The largest absolute Gasteiger partial charge is 0.466 e. The van der Waals surface area contributed by atoms with Gasteiger partial charge in [0.25, 0.3) is 0 Å². The summed E-state index contributed by atoms with van der Waals surface area (Å²) in [6, 6.07) is 0. The van der Waals surface area contributed by atoms with Crippen LogP contribution in [0.1, 0.15) is 27.2 Å². The molecule has 0 saturated heterocycles. The third-order valence-corrected chi connectivity index (χ3v) is 2.52. The molecule has 0 aliphatic rings. The van der Waals surface area contributed by atoms with E-state index in [0.29, 0.717) is 0 Å². The highest BCUT2D eigenvalue weighted by Crippen LogP contribution is 2.23. The van der Waals surface area contributed by atoms with Gasteiger partial charge in [-0.1, -0.05) is 11.6 Å². The van der Waals surface area contributed by atoms with Gasteiger partial charge in [-0.05, 0) is 13.8 Å². The summed E-state index contributed by atoms with van der Waals surface area (Å²) in [6.07, 6.45) is -0.0949. The molecular formula is C10H15ClO5. The number of hydrogen-bond donors (Lipinski definition) is 0. The van der Waals surface area contributed by atoms with Gasteiger partial charge in [-0.15, -0.1) is 0 Å². The van der Waals surface area contributed by atoms with Gasteiger partial charge in [0.1, 0.15) is 0 Å². The summed E-state index contributed by atoms with van der Waals surface area (Å²) in [7, 11) is 0. The van der Waals surface area contributed by atoms with Crippen molar-refractivity contribution in [1.29, 1.82) is 0 Å². The van der Waals surface area contributed by atoms with Crippen molar-refractivity contribution in [2.75, 3.05) is 13.2 Å². The van der Waals surface area contributed by atoms with Gasteiger partial charge >= 0.3 is 11.9 Å². The third-order valence-electron chi connectivity index (χ3n) is 1.91. The molecule has 1 unspecified atom stereocenters. The lowest BCUT2D eigenvalue weighted by atomic mass is 10.0. The Hall–Kier alpha value is -1.10. The normalized spacial score (nSPS) is 13.8. The van der Waals surface area contributed by atoms with E-state index in [1.807, 2.05) is 0 Å². The van der Waals surface area contributed by atoms with Gasteiger partial charge in [-0.25, -0.2) is 4.79 Å². The van der Waals surface area contributed by atoms with Crippen LogP contribution in [-0.4, -0.2) is 35.8 Å². The topological polar surface area (TPSA) is 69.7 Å². The Labute approximate surface area is 99.0 Å². The molecule has 0 saturated carbocycles. The van der Waals surface area contributed by atoms with Crippen molar-refractivity contribution in [2.45, 2.75) is 32.1 Å². The molecule has 0 aromatic carbocycles. The van der Waals surface area contributed by atoms with Crippen LogP contribution < -0.4 is 0 Å². The summed E-state index contributed by atoms with van der Waals surface area (Å²) in [5.74, 6) is -1.83. The fourth-order valence-electron chi connectivity index (χ4n) is 1.00.